The van der Waals surface area contributed by atoms with Crippen LogP contribution < -0.4 is 10.1 Å². The van der Waals surface area contributed by atoms with Gasteiger partial charge in [-0.25, -0.2) is 0 Å². The van der Waals surface area contributed by atoms with Gasteiger partial charge in [-0.2, -0.15) is 0 Å². The van der Waals surface area contributed by atoms with E-state index in [1.165, 1.54) is 5.56 Å². The zero-order valence-electron chi connectivity index (χ0n) is 13.4. The molecule has 4 heteroatoms. The summed E-state index contributed by atoms with van der Waals surface area (Å²) in [5, 5.41) is 13.8. The molecule has 1 aromatic rings. The first-order valence-electron chi connectivity index (χ1n) is 7.94. The summed E-state index contributed by atoms with van der Waals surface area (Å²) >= 11 is 0. The van der Waals surface area contributed by atoms with Crippen LogP contribution in [0, 0.1) is 0 Å². The number of benzene rings is 1. The molecular weight excluding hydrogens is 264 g/mol. The Bertz CT molecular complexity index is 444. The minimum absolute atomic E-state index is 0.434. The molecule has 1 aliphatic rings. The number of hydrogen-bond acceptors (Lipinski definition) is 4. The van der Waals surface area contributed by atoms with Crippen molar-refractivity contribution in [3.63, 3.8) is 0 Å². The summed E-state index contributed by atoms with van der Waals surface area (Å²) in [4.78, 5) is 2.31. The molecule has 0 bridgehead atoms. The zero-order valence-corrected chi connectivity index (χ0v) is 13.4. The highest BCUT2D eigenvalue weighted by Crippen LogP contribution is 2.31. The second-order valence-electron chi connectivity index (χ2n) is 5.88. The minimum atomic E-state index is -0.434. The molecule has 1 saturated heterocycles. The van der Waals surface area contributed by atoms with Gasteiger partial charge in [0, 0.05) is 32.7 Å². The average Bonchev–Trinajstić information content (AvgIpc) is 2.54. The van der Waals surface area contributed by atoms with Crippen LogP contribution in [0.25, 0.3) is 0 Å². The largest absolute Gasteiger partial charge is 0.496 e. The molecule has 2 rings (SSSR count). The van der Waals surface area contributed by atoms with Crippen molar-refractivity contribution in [2.45, 2.75) is 32.3 Å². The lowest BCUT2D eigenvalue weighted by Crippen LogP contribution is -2.44. The molecule has 0 aromatic heterocycles. The molecule has 2 unspecified atom stereocenters. The normalized spacial score (nSPS) is 19.2. The van der Waals surface area contributed by atoms with Gasteiger partial charge < -0.3 is 15.2 Å². The fourth-order valence-corrected chi connectivity index (χ4v) is 2.81. The molecule has 0 spiro atoms. The van der Waals surface area contributed by atoms with E-state index in [9.17, 15) is 5.11 Å². The van der Waals surface area contributed by atoms with Gasteiger partial charge in [-0.15, -0.1) is 0 Å². The maximum absolute atomic E-state index is 10.5. The summed E-state index contributed by atoms with van der Waals surface area (Å²) < 4.78 is 5.45. The lowest BCUT2D eigenvalue weighted by molar-refractivity contribution is 0.105. The predicted octanol–water partition coefficient (Wildman–Crippen LogP) is 2.15. The van der Waals surface area contributed by atoms with Gasteiger partial charge in [0.1, 0.15) is 5.75 Å². The molecule has 1 aromatic carbocycles. The predicted molar refractivity (Wildman–Crippen MR) is 86.0 cm³/mol. The smallest absolute Gasteiger partial charge is 0.122 e. The minimum Gasteiger partial charge on any atom is -0.496 e. The van der Waals surface area contributed by atoms with Crippen molar-refractivity contribution in [3.05, 3.63) is 29.3 Å². The number of piperazine rings is 1. The number of hydrogen-bond donors (Lipinski definition) is 2. The molecule has 1 fully saturated rings. The number of methoxy groups -OCH3 is 1. The Kier molecular flexibility index (Phi) is 6.03. The fourth-order valence-electron chi connectivity index (χ4n) is 2.81. The van der Waals surface area contributed by atoms with E-state index < -0.39 is 6.10 Å². The van der Waals surface area contributed by atoms with Gasteiger partial charge >= 0.3 is 0 Å². The first kappa shape index (κ1) is 16.3. The van der Waals surface area contributed by atoms with Crippen LogP contribution in [0.15, 0.2) is 18.2 Å². The highest BCUT2D eigenvalue weighted by molar-refractivity contribution is 5.40. The van der Waals surface area contributed by atoms with Gasteiger partial charge in [-0.05, 0) is 35.6 Å². The Balaban J connectivity index is 2.11. The Morgan fingerprint density at radius 2 is 2.05 bits per heavy atom. The number of aliphatic hydroxyl groups is 1. The number of aliphatic hydroxyl groups excluding tert-OH is 1. The van der Waals surface area contributed by atoms with Crippen LogP contribution in [0.5, 0.6) is 5.75 Å². The summed E-state index contributed by atoms with van der Waals surface area (Å²) in [6.45, 7) is 9.10. The van der Waals surface area contributed by atoms with Gasteiger partial charge in [0.2, 0.25) is 0 Å². The summed E-state index contributed by atoms with van der Waals surface area (Å²) in [5.41, 5.74) is 2.18. The molecule has 0 amide bonds. The van der Waals surface area contributed by atoms with Gasteiger partial charge in [-0.3, -0.25) is 4.90 Å². The third-order valence-corrected chi connectivity index (χ3v) is 4.42. The Labute approximate surface area is 128 Å². The van der Waals surface area contributed by atoms with Gasteiger partial charge in [0.15, 0.2) is 0 Å². The van der Waals surface area contributed by atoms with Crippen molar-refractivity contribution in [2.75, 3.05) is 39.8 Å². The molecule has 4 nitrogen and oxygen atoms in total. The van der Waals surface area contributed by atoms with E-state index in [4.69, 9.17) is 4.74 Å². The first-order valence-corrected chi connectivity index (χ1v) is 7.94. The van der Waals surface area contributed by atoms with Crippen LogP contribution in [0.2, 0.25) is 0 Å². The molecule has 0 saturated carbocycles. The summed E-state index contributed by atoms with van der Waals surface area (Å²) in [5.74, 6) is 1.36. The monoisotopic (exact) mass is 292 g/mol. The highest BCUT2D eigenvalue weighted by Gasteiger charge is 2.18. The van der Waals surface area contributed by atoms with Crippen molar-refractivity contribution in [1.82, 2.24) is 10.2 Å². The molecule has 1 aliphatic heterocycles. The summed E-state index contributed by atoms with van der Waals surface area (Å²) in [6, 6.07) is 6.08. The highest BCUT2D eigenvalue weighted by atomic mass is 16.5. The van der Waals surface area contributed by atoms with E-state index in [1.54, 1.807) is 7.11 Å². The SMILES string of the molecule is CCC(C)c1cc(C(O)CN2CCNCC2)ccc1OC. The standard InChI is InChI=1S/C17H28N2O2/c1-4-13(2)15-11-14(5-6-17(15)21-3)16(20)12-19-9-7-18-8-10-19/h5-6,11,13,16,18,20H,4,7-10,12H2,1-3H3. The van der Waals surface area contributed by atoms with E-state index >= 15 is 0 Å². The number of nitrogens with zero attached hydrogens (tertiary/aromatic N) is 1. The van der Waals surface area contributed by atoms with Crippen molar-refractivity contribution in [2.24, 2.45) is 0 Å². The number of ether oxygens (including phenoxy) is 1. The third kappa shape index (κ3) is 4.19. The van der Waals surface area contributed by atoms with Crippen LogP contribution in [0.4, 0.5) is 0 Å². The number of rotatable bonds is 6. The molecule has 21 heavy (non-hydrogen) atoms. The third-order valence-electron chi connectivity index (χ3n) is 4.42. The molecule has 0 aliphatic carbocycles. The van der Waals surface area contributed by atoms with Crippen molar-refractivity contribution in [1.29, 1.82) is 0 Å². The van der Waals surface area contributed by atoms with Crippen LogP contribution in [-0.4, -0.2) is 49.8 Å². The maximum Gasteiger partial charge on any atom is 0.122 e. The lowest BCUT2D eigenvalue weighted by Gasteiger charge is -2.29. The Hall–Kier alpha value is -1.10. The molecule has 2 atom stereocenters. The summed E-state index contributed by atoms with van der Waals surface area (Å²) in [7, 11) is 1.71. The zero-order chi connectivity index (χ0) is 15.2. The van der Waals surface area contributed by atoms with Gasteiger partial charge in [-0.1, -0.05) is 19.9 Å². The average molecular weight is 292 g/mol. The second-order valence-corrected chi connectivity index (χ2v) is 5.88. The van der Waals surface area contributed by atoms with Gasteiger partial charge in [0.25, 0.3) is 0 Å². The van der Waals surface area contributed by atoms with Crippen LogP contribution in [0.1, 0.15) is 43.4 Å². The Morgan fingerprint density at radius 1 is 1.33 bits per heavy atom. The van der Waals surface area contributed by atoms with E-state index in [2.05, 4.69) is 30.1 Å². The number of β-amino-alcohol motifs (C(OH)–C–C–N with tert-alkyl or cyclic N) is 1. The topological polar surface area (TPSA) is 44.7 Å². The van der Waals surface area contributed by atoms with E-state index in [1.807, 2.05) is 12.1 Å². The lowest BCUT2D eigenvalue weighted by atomic mass is 9.94. The first-order chi connectivity index (χ1) is 10.2. The Morgan fingerprint density at radius 3 is 2.67 bits per heavy atom. The maximum atomic E-state index is 10.5. The molecular formula is C17H28N2O2. The molecule has 2 N–H and O–H groups in total. The van der Waals surface area contributed by atoms with Crippen LogP contribution >= 0.6 is 0 Å². The summed E-state index contributed by atoms with van der Waals surface area (Å²) in [6.07, 6.45) is 0.630. The van der Waals surface area contributed by atoms with Crippen molar-refractivity contribution in [3.8, 4) is 5.75 Å². The van der Waals surface area contributed by atoms with Crippen LogP contribution in [-0.2, 0) is 0 Å². The van der Waals surface area contributed by atoms with E-state index in [-0.39, 0.29) is 0 Å². The van der Waals surface area contributed by atoms with E-state index in [0.29, 0.717) is 12.5 Å². The van der Waals surface area contributed by atoms with E-state index in [0.717, 1.165) is 43.9 Å². The van der Waals surface area contributed by atoms with Crippen molar-refractivity contribution >= 4 is 0 Å². The molecule has 118 valence electrons. The molecule has 1 heterocycles. The number of nitrogens with one attached hydrogen (secondary N) is 1. The quantitative estimate of drug-likeness (QED) is 0.843. The van der Waals surface area contributed by atoms with Crippen LogP contribution in [0.3, 0.4) is 0 Å². The van der Waals surface area contributed by atoms with Crippen molar-refractivity contribution < 1.29 is 9.84 Å². The fraction of sp³-hybridized carbons (Fsp3) is 0.647. The van der Waals surface area contributed by atoms with Gasteiger partial charge in [0.05, 0.1) is 13.2 Å². The second kappa shape index (κ2) is 7.78. The molecule has 0 radical (unpaired) electrons.